The van der Waals surface area contributed by atoms with Crippen LogP contribution in [0.25, 0.3) is 0 Å². The first-order chi connectivity index (χ1) is 17.5. The molecule has 2 fully saturated rings. The molecule has 2 N–H and O–H groups in total. The van der Waals surface area contributed by atoms with E-state index in [9.17, 15) is 14.7 Å². The SMILES string of the molecule is CC1CCC(C(=O)N(c2cc(C(C)(C)C)sc2C(=O)O)C2CCC(NN(C)c3cnccn3)CC2)CC1. The third-order valence-electron chi connectivity index (χ3n) is 7.84. The van der Waals surface area contributed by atoms with Crippen LogP contribution in [0.15, 0.2) is 24.7 Å². The van der Waals surface area contributed by atoms with Crippen LogP contribution >= 0.6 is 11.3 Å². The molecule has 8 nitrogen and oxygen atoms in total. The Morgan fingerprint density at radius 1 is 1.05 bits per heavy atom. The van der Waals surface area contributed by atoms with E-state index in [1.54, 1.807) is 18.6 Å². The molecule has 0 aromatic carbocycles. The van der Waals surface area contributed by atoms with E-state index in [-0.39, 0.29) is 34.2 Å². The summed E-state index contributed by atoms with van der Waals surface area (Å²) in [6.45, 7) is 8.52. The van der Waals surface area contributed by atoms with Crippen LogP contribution in [0.2, 0.25) is 0 Å². The first kappa shape index (κ1) is 27.5. The summed E-state index contributed by atoms with van der Waals surface area (Å²) in [6.07, 6.45) is 12.3. The number of rotatable bonds is 7. The van der Waals surface area contributed by atoms with Crippen LogP contribution in [-0.4, -0.2) is 46.1 Å². The summed E-state index contributed by atoms with van der Waals surface area (Å²) >= 11 is 1.31. The third-order valence-corrected chi connectivity index (χ3v) is 9.38. The Labute approximate surface area is 224 Å². The van der Waals surface area contributed by atoms with E-state index < -0.39 is 5.97 Å². The third kappa shape index (κ3) is 6.49. The standard InChI is InChI=1S/C28H41N5O3S/c1-18-6-8-19(9-7-18)26(34)33(22-16-23(28(2,3)4)37-25(22)27(35)36)21-12-10-20(11-13-21)31-32(5)24-17-29-14-15-30-24/h14-21,31H,6-13H2,1-5H3,(H,35,36). The second-order valence-corrected chi connectivity index (χ2v) is 12.9. The predicted octanol–water partition coefficient (Wildman–Crippen LogP) is 5.65. The molecule has 2 aliphatic carbocycles. The number of amides is 1. The molecule has 1 amide bonds. The van der Waals surface area contributed by atoms with Crippen molar-refractivity contribution in [2.45, 2.75) is 96.6 Å². The fraction of sp³-hybridized carbons (Fsp3) is 0.643. The van der Waals surface area contributed by atoms with Gasteiger partial charge in [0.1, 0.15) is 4.88 Å². The van der Waals surface area contributed by atoms with Crippen LogP contribution < -0.4 is 15.3 Å². The van der Waals surface area contributed by atoms with E-state index in [4.69, 9.17) is 0 Å². The summed E-state index contributed by atoms with van der Waals surface area (Å²) < 4.78 is 0. The highest BCUT2D eigenvalue weighted by atomic mass is 32.1. The minimum absolute atomic E-state index is 0.00718. The average molecular weight is 528 g/mol. The molecule has 0 saturated heterocycles. The van der Waals surface area contributed by atoms with Crippen LogP contribution in [0, 0.1) is 11.8 Å². The highest BCUT2D eigenvalue weighted by Crippen LogP contribution is 2.41. The number of hydrazine groups is 1. The van der Waals surface area contributed by atoms with Crippen molar-refractivity contribution in [3.8, 4) is 0 Å². The summed E-state index contributed by atoms with van der Waals surface area (Å²) in [4.78, 5) is 38.1. The number of hydrogen-bond donors (Lipinski definition) is 2. The quantitative estimate of drug-likeness (QED) is 0.449. The predicted molar refractivity (Wildman–Crippen MR) is 148 cm³/mol. The topological polar surface area (TPSA) is 98.7 Å². The zero-order valence-corrected chi connectivity index (χ0v) is 23.6. The number of nitrogens with one attached hydrogen (secondary N) is 1. The van der Waals surface area contributed by atoms with E-state index in [0.717, 1.165) is 62.1 Å². The lowest BCUT2D eigenvalue weighted by molar-refractivity contribution is -0.124. The van der Waals surface area contributed by atoms with E-state index in [1.165, 1.54) is 11.3 Å². The van der Waals surface area contributed by atoms with Crippen molar-refractivity contribution in [1.29, 1.82) is 0 Å². The molecule has 4 rings (SSSR count). The highest BCUT2D eigenvalue weighted by Gasteiger charge is 2.38. The Morgan fingerprint density at radius 2 is 1.73 bits per heavy atom. The smallest absolute Gasteiger partial charge is 0.348 e. The Balaban J connectivity index is 1.56. The number of hydrogen-bond acceptors (Lipinski definition) is 7. The number of carbonyl (C=O) groups excluding carboxylic acids is 1. The van der Waals surface area contributed by atoms with E-state index in [1.807, 2.05) is 23.0 Å². The molecule has 2 aromatic heterocycles. The van der Waals surface area contributed by atoms with Gasteiger partial charge in [0.05, 0.1) is 11.9 Å². The van der Waals surface area contributed by atoms with Gasteiger partial charge < -0.3 is 10.0 Å². The average Bonchev–Trinajstić information content (AvgIpc) is 3.32. The molecule has 0 atom stereocenters. The van der Waals surface area contributed by atoms with Crippen molar-refractivity contribution in [2.75, 3.05) is 17.0 Å². The monoisotopic (exact) mass is 527 g/mol. The van der Waals surface area contributed by atoms with Crippen molar-refractivity contribution >= 4 is 34.7 Å². The molecule has 2 aliphatic rings. The fourth-order valence-corrected chi connectivity index (χ4v) is 6.60. The van der Waals surface area contributed by atoms with Crippen LogP contribution in [0.1, 0.15) is 93.6 Å². The van der Waals surface area contributed by atoms with Gasteiger partial charge >= 0.3 is 5.97 Å². The second-order valence-electron chi connectivity index (χ2n) is 11.8. The molecule has 2 aromatic rings. The Hall–Kier alpha value is -2.52. The number of carbonyl (C=O) groups is 2. The number of aromatic nitrogens is 2. The Morgan fingerprint density at radius 3 is 2.30 bits per heavy atom. The number of carboxylic acid groups (broad SMARTS) is 1. The van der Waals surface area contributed by atoms with Gasteiger partial charge in [-0.15, -0.1) is 11.3 Å². The number of nitrogens with zero attached hydrogens (tertiary/aromatic N) is 4. The minimum atomic E-state index is -0.952. The molecule has 2 heterocycles. The molecule has 0 bridgehead atoms. The van der Waals surface area contributed by atoms with Gasteiger partial charge in [-0.05, 0) is 68.8 Å². The minimum Gasteiger partial charge on any atom is -0.477 e. The molecule has 0 unspecified atom stereocenters. The Kier molecular flexibility index (Phi) is 8.53. The van der Waals surface area contributed by atoms with Crippen molar-refractivity contribution in [1.82, 2.24) is 15.4 Å². The van der Waals surface area contributed by atoms with Gasteiger partial charge in [-0.1, -0.05) is 27.7 Å². The lowest BCUT2D eigenvalue weighted by Crippen LogP contribution is -2.50. The van der Waals surface area contributed by atoms with Gasteiger partial charge in [0, 0.05) is 42.3 Å². The number of thiophene rings is 1. The molecular formula is C28H41N5O3S. The van der Waals surface area contributed by atoms with Gasteiger partial charge in [-0.25, -0.2) is 15.2 Å². The Bertz CT molecular complexity index is 1070. The van der Waals surface area contributed by atoms with E-state index >= 15 is 0 Å². The summed E-state index contributed by atoms with van der Waals surface area (Å²) in [5.74, 6) is 0.530. The maximum Gasteiger partial charge on any atom is 0.348 e. The molecule has 202 valence electrons. The van der Waals surface area contributed by atoms with Crippen molar-refractivity contribution in [3.63, 3.8) is 0 Å². The summed E-state index contributed by atoms with van der Waals surface area (Å²) in [7, 11) is 1.94. The van der Waals surface area contributed by atoms with E-state index in [0.29, 0.717) is 11.6 Å². The van der Waals surface area contributed by atoms with Crippen molar-refractivity contribution < 1.29 is 14.7 Å². The number of anilines is 2. The zero-order valence-electron chi connectivity index (χ0n) is 22.7. The normalized spacial score (nSPS) is 24.5. The lowest BCUT2D eigenvalue weighted by Gasteiger charge is -2.40. The van der Waals surface area contributed by atoms with Crippen molar-refractivity contribution in [3.05, 3.63) is 34.4 Å². The summed E-state index contributed by atoms with van der Waals surface area (Å²) in [5.41, 5.74) is 3.93. The van der Waals surface area contributed by atoms with Gasteiger partial charge in [-0.2, -0.15) is 0 Å². The number of aromatic carboxylic acids is 1. The van der Waals surface area contributed by atoms with Gasteiger partial charge in [-0.3, -0.25) is 14.8 Å². The molecule has 2 saturated carbocycles. The fourth-order valence-electron chi connectivity index (χ4n) is 5.55. The summed E-state index contributed by atoms with van der Waals surface area (Å²) in [5, 5.41) is 12.0. The molecule has 9 heteroatoms. The summed E-state index contributed by atoms with van der Waals surface area (Å²) in [6, 6.07) is 2.22. The molecular weight excluding hydrogens is 486 g/mol. The molecule has 0 spiro atoms. The van der Waals surface area contributed by atoms with Crippen molar-refractivity contribution in [2.24, 2.45) is 11.8 Å². The van der Waals surface area contributed by atoms with Crippen LogP contribution in [0.4, 0.5) is 11.5 Å². The highest BCUT2D eigenvalue weighted by molar-refractivity contribution is 7.14. The van der Waals surface area contributed by atoms with E-state index in [2.05, 4.69) is 43.1 Å². The first-order valence-corrected chi connectivity index (χ1v) is 14.3. The molecule has 0 aliphatic heterocycles. The maximum atomic E-state index is 14.1. The zero-order chi connectivity index (χ0) is 26.7. The van der Waals surface area contributed by atoms with Gasteiger partial charge in [0.15, 0.2) is 5.82 Å². The van der Waals surface area contributed by atoms with Crippen LogP contribution in [0.3, 0.4) is 0 Å². The first-order valence-electron chi connectivity index (χ1n) is 13.5. The van der Waals surface area contributed by atoms with Gasteiger partial charge in [0.2, 0.25) is 5.91 Å². The molecule has 0 radical (unpaired) electrons. The lowest BCUT2D eigenvalue weighted by atomic mass is 9.81. The van der Waals surface area contributed by atoms with Crippen LogP contribution in [0.5, 0.6) is 0 Å². The maximum absolute atomic E-state index is 14.1. The van der Waals surface area contributed by atoms with Gasteiger partial charge in [0.25, 0.3) is 0 Å². The number of carboxylic acids is 1. The molecule has 37 heavy (non-hydrogen) atoms. The second kappa shape index (κ2) is 11.5. The largest absolute Gasteiger partial charge is 0.477 e. The van der Waals surface area contributed by atoms with Crippen LogP contribution in [-0.2, 0) is 10.2 Å².